The van der Waals surface area contributed by atoms with Crippen LogP contribution in [-0.2, 0) is 0 Å². The van der Waals surface area contributed by atoms with Crippen molar-refractivity contribution in [2.45, 2.75) is 44.6 Å². The first-order chi connectivity index (χ1) is 7.24. The minimum Gasteiger partial charge on any atom is -0.395 e. The highest BCUT2D eigenvalue weighted by atomic mass is 16.3. The SMILES string of the molecule is N=C(N)CCCCN(CCO)C1CCC1. The van der Waals surface area contributed by atoms with E-state index in [2.05, 4.69) is 4.90 Å². The van der Waals surface area contributed by atoms with E-state index in [0.717, 1.165) is 25.9 Å². The molecule has 0 radical (unpaired) electrons. The van der Waals surface area contributed by atoms with E-state index in [0.29, 0.717) is 12.5 Å². The van der Waals surface area contributed by atoms with E-state index in [9.17, 15) is 0 Å². The molecule has 15 heavy (non-hydrogen) atoms. The van der Waals surface area contributed by atoms with Crippen molar-refractivity contribution in [3.8, 4) is 0 Å². The third-order valence-corrected chi connectivity index (χ3v) is 3.12. The van der Waals surface area contributed by atoms with Gasteiger partial charge < -0.3 is 10.8 Å². The molecular weight excluding hydrogens is 190 g/mol. The van der Waals surface area contributed by atoms with Gasteiger partial charge in [-0.05, 0) is 32.2 Å². The van der Waals surface area contributed by atoms with Crippen LogP contribution < -0.4 is 5.73 Å². The zero-order valence-electron chi connectivity index (χ0n) is 9.41. The van der Waals surface area contributed by atoms with E-state index in [1.165, 1.54) is 19.3 Å². The summed E-state index contributed by atoms with van der Waals surface area (Å²) in [6.07, 6.45) is 6.68. The molecule has 0 aromatic heterocycles. The number of nitrogens with zero attached hydrogens (tertiary/aromatic N) is 1. The van der Waals surface area contributed by atoms with E-state index < -0.39 is 0 Å². The van der Waals surface area contributed by atoms with Gasteiger partial charge in [-0.1, -0.05) is 6.42 Å². The molecule has 1 aliphatic rings. The van der Waals surface area contributed by atoms with Crippen molar-refractivity contribution in [1.82, 2.24) is 4.90 Å². The third-order valence-electron chi connectivity index (χ3n) is 3.12. The van der Waals surface area contributed by atoms with Crippen molar-refractivity contribution < 1.29 is 5.11 Å². The van der Waals surface area contributed by atoms with Crippen LogP contribution in [0, 0.1) is 5.41 Å². The van der Waals surface area contributed by atoms with Gasteiger partial charge in [0.25, 0.3) is 0 Å². The number of rotatable bonds is 8. The summed E-state index contributed by atoms with van der Waals surface area (Å²) in [4.78, 5) is 2.38. The Hall–Kier alpha value is -0.610. The Kier molecular flexibility index (Phi) is 5.65. The summed E-state index contributed by atoms with van der Waals surface area (Å²) in [5.74, 6) is 0.285. The van der Waals surface area contributed by atoms with Gasteiger partial charge in [-0.2, -0.15) is 0 Å². The Morgan fingerprint density at radius 1 is 1.33 bits per heavy atom. The largest absolute Gasteiger partial charge is 0.395 e. The first-order valence-electron chi connectivity index (χ1n) is 5.92. The zero-order valence-corrected chi connectivity index (χ0v) is 9.41. The molecule has 1 saturated carbocycles. The summed E-state index contributed by atoms with van der Waals surface area (Å²) in [6.45, 7) is 2.09. The molecule has 0 unspecified atom stereocenters. The van der Waals surface area contributed by atoms with Crippen LogP contribution in [0.5, 0.6) is 0 Å². The van der Waals surface area contributed by atoms with Gasteiger partial charge in [0.1, 0.15) is 0 Å². The minimum atomic E-state index is 0.253. The van der Waals surface area contributed by atoms with E-state index in [-0.39, 0.29) is 12.4 Å². The first-order valence-corrected chi connectivity index (χ1v) is 5.92. The predicted octanol–water partition coefficient (Wildman–Crippen LogP) is 0.939. The second-order valence-corrected chi connectivity index (χ2v) is 4.33. The summed E-state index contributed by atoms with van der Waals surface area (Å²) < 4.78 is 0. The van der Waals surface area contributed by atoms with Gasteiger partial charge in [-0.3, -0.25) is 10.3 Å². The molecule has 0 saturated heterocycles. The lowest BCUT2D eigenvalue weighted by Crippen LogP contribution is -2.42. The lowest BCUT2D eigenvalue weighted by atomic mass is 9.91. The van der Waals surface area contributed by atoms with Crippen LogP contribution in [0.2, 0.25) is 0 Å². The van der Waals surface area contributed by atoms with Crippen LogP contribution in [0.1, 0.15) is 38.5 Å². The summed E-state index contributed by atoms with van der Waals surface area (Å²) >= 11 is 0. The second kappa shape index (κ2) is 6.80. The van der Waals surface area contributed by atoms with Crippen LogP contribution in [0.3, 0.4) is 0 Å². The molecule has 4 N–H and O–H groups in total. The van der Waals surface area contributed by atoms with Crippen LogP contribution in [-0.4, -0.2) is 41.6 Å². The van der Waals surface area contributed by atoms with Crippen LogP contribution in [0.25, 0.3) is 0 Å². The number of amidine groups is 1. The van der Waals surface area contributed by atoms with Crippen LogP contribution in [0.15, 0.2) is 0 Å². The Labute approximate surface area is 92.0 Å². The molecule has 0 aromatic rings. The van der Waals surface area contributed by atoms with Gasteiger partial charge in [0, 0.05) is 19.0 Å². The van der Waals surface area contributed by atoms with E-state index in [1.807, 2.05) is 0 Å². The minimum absolute atomic E-state index is 0.253. The number of nitrogens with one attached hydrogen (secondary N) is 1. The van der Waals surface area contributed by atoms with Crippen molar-refractivity contribution in [2.24, 2.45) is 5.73 Å². The fourth-order valence-corrected chi connectivity index (χ4v) is 1.99. The quantitative estimate of drug-likeness (QED) is 0.319. The van der Waals surface area contributed by atoms with Gasteiger partial charge >= 0.3 is 0 Å². The molecule has 0 amide bonds. The molecule has 1 rings (SSSR count). The molecule has 0 atom stereocenters. The van der Waals surface area contributed by atoms with Crippen LogP contribution in [0.4, 0.5) is 0 Å². The van der Waals surface area contributed by atoms with Crippen molar-refractivity contribution in [3.05, 3.63) is 0 Å². The fraction of sp³-hybridized carbons (Fsp3) is 0.909. The summed E-state index contributed by atoms with van der Waals surface area (Å²) in [6, 6.07) is 0.703. The molecule has 88 valence electrons. The molecule has 4 nitrogen and oxygen atoms in total. The Morgan fingerprint density at radius 3 is 2.53 bits per heavy atom. The third kappa shape index (κ3) is 4.62. The predicted molar refractivity (Wildman–Crippen MR) is 62.1 cm³/mol. The maximum Gasteiger partial charge on any atom is 0.0905 e. The van der Waals surface area contributed by atoms with Crippen molar-refractivity contribution in [1.29, 1.82) is 5.41 Å². The standard InChI is InChI=1S/C11H23N3O/c12-11(13)6-1-2-7-14(8-9-15)10-4-3-5-10/h10,15H,1-9H2,(H3,12,13). The number of aliphatic hydroxyl groups is 1. The number of nitrogens with two attached hydrogens (primary N) is 1. The van der Waals surface area contributed by atoms with Crippen molar-refractivity contribution >= 4 is 5.84 Å². The summed E-state index contributed by atoms with van der Waals surface area (Å²) in [5, 5.41) is 16.1. The molecule has 0 spiro atoms. The van der Waals surface area contributed by atoms with Gasteiger partial charge in [-0.25, -0.2) is 0 Å². The Bertz CT molecular complexity index is 192. The van der Waals surface area contributed by atoms with Gasteiger partial charge in [0.15, 0.2) is 0 Å². The number of aliphatic hydroxyl groups excluding tert-OH is 1. The highest BCUT2D eigenvalue weighted by Gasteiger charge is 2.23. The molecule has 4 heteroatoms. The molecule has 0 aromatic carbocycles. The Balaban J connectivity index is 2.10. The molecule has 0 bridgehead atoms. The molecule has 1 aliphatic carbocycles. The second-order valence-electron chi connectivity index (χ2n) is 4.33. The molecular formula is C11H23N3O. The van der Waals surface area contributed by atoms with E-state index >= 15 is 0 Å². The fourth-order valence-electron chi connectivity index (χ4n) is 1.99. The Morgan fingerprint density at radius 2 is 2.07 bits per heavy atom. The van der Waals surface area contributed by atoms with Crippen molar-refractivity contribution in [2.75, 3.05) is 19.7 Å². The molecule has 0 heterocycles. The van der Waals surface area contributed by atoms with Crippen LogP contribution >= 0.6 is 0 Å². The number of hydrogen-bond acceptors (Lipinski definition) is 3. The van der Waals surface area contributed by atoms with E-state index in [4.69, 9.17) is 16.2 Å². The highest BCUT2D eigenvalue weighted by Crippen LogP contribution is 2.24. The monoisotopic (exact) mass is 213 g/mol. The smallest absolute Gasteiger partial charge is 0.0905 e. The van der Waals surface area contributed by atoms with Gasteiger partial charge in [0.2, 0.25) is 0 Å². The van der Waals surface area contributed by atoms with Crippen molar-refractivity contribution in [3.63, 3.8) is 0 Å². The average Bonchev–Trinajstić information content (AvgIpc) is 2.09. The number of unbranched alkanes of at least 4 members (excludes halogenated alkanes) is 1. The zero-order chi connectivity index (χ0) is 11.1. The normalized spacial score (nSPS) is 16.7. The van der Waals surface area contributed by atoms with Gasteiger partial charge in [0.05, 0.1) is 12.4 Å². The van der Waals surface area contributed by atoms with Gasteiger partial charge in [-0.15, -0.1) is 0 Å². The molecule has 0 aliphatic heterocycles. The maximum absolute atomic E-state index is 8.95. The lowest BCUT2D eigenvalue weighted by Gasteiger charge is -2.37. The van der Waals surface area contributed by atoms with E-state index in [1.54, 1.807) is 0 Å². The highest BCUT2D eigenvalue weighted by molar-refractivity contribution is 5.76. The summed E-state index contributed by atoms with van der Waals surface area (Å²) in [5.41, 5.74) is 5.29. The number of hydrogen-bond donors (Lipinski definition) is 3. The summed E-state index contributed by atoms with van der Waals surface area (Å²) in [7, 11) is 0. The first kappa shape index (κ1) is 12.5. The maximum atomic E-state index is 8.95. The average molecular weight is 213 g/mol. The lowest BCUT2D eigenvalue weighted by molar-refractivity contribution is 0.0998. The topological polar surface area (TPSA) is 73.3 Å². The molecule has 1 fully saturated rings.